The summed E-state index contributed by atoms with van der Waals surface area (Å²) < 4.78 is 0. The maximum absolute atomic E-state index is 12.2. The number of ketones is 1. The van der Waals surface area contributed by atoms with Gasteiger partial charge in [-0.2, -0.15) is 0 Å². The number of hydrogen-bond acceptors (Lipinski definition) is 4. The van der Waals surface area contributed by atoms with Crippen LogP contribution in [0, 0.1) is 6.07 Å². The van der Waals surface area contributed by atoms with E-state index in [0.717, 1.165) is 12.1 Å². The van der Waals surface area contributed by atoms with Crippen molar-refractivity contribution in [3.05, 3.63) is 65.2 Å². The second-order valence-electron chi connectivity index (χ2n) is 4.24. The van der Waals surface area contributed by atoms with Crippen LogP contribution in [0.15, 0.2) is 42.5 Å². The molecule has 0 aliphatic heterocycles. The van der Waals surface area contributed by atoms with E-state index in [1.165, 1.54) is 24.3 Å². The zero-order chi connectivity index (χ0) is 15.4. The van der Waals surface area contributed by atoms with Crippen molar-refractivity contribution >= 4 is 17.8 Å². The minimum absolute atomic E-state index is 0.0402. The molecule has 0 aromatic heterocycles. The minimum Gasteiger partial charge on any atom is -0.508 e. The molecule has 0 spiro atoms. The zero-order valence-corrected chi connectivity index (χ0v) is 10.8. The molecular weight excluding hydrogens is 272 g/mol. The molecule has 105 valence electrons. The lowest BCUT2D eigenvalue weighted by Crippen LogP contribution is -2.01. The normalized spacial score (nSPS) is 10.7. The van der Waals surface area contributed by atoms with E-state index in [1.807, 2.05) is 0 Å². The number of rotatable bonds is 4. The van der Waals surface area contributed by atoms with Crippen molar-refractivity contribution in [2.24, 2.45) is 0 Å². The molecule has 0 heterocycles. The average molecular weight is 283 g/mol. The van der Waals surface area contributed by atoms with Crippen LogP contribution in [-0.2, 0) is 4.79 Å². The number of carboxylic acids is 1. The standard InChI is InChI=1S/C16H11O5/c17-12-6-7-13(14(18)9-12)16(21)11-4-1-10(2-5-11)3-8-15(19)20/h1-6,8-9,17-18H,(H,19,20)/b8-3+. The highest BCUT2D eigenvalue weighted by Gasteiger charge is 2.14. The molecule has 0 amide bonds. The Bertz CT molecular complexity index is 714. The monoisotopic (exact) mass is 283 g/mol. The van der Waals surface area contributed by atoms with E-state index in [2.05, 4.69) is 6.07 Å². The predicted molar refractivity (Wildman–Crippen MR) is 75.2 cm³/mol. The van der Waals surface area contributed by atoms with Crippen LogP contribution in [0.3, 0.4) is 0 Å². The fraction of sp³-hybridized carbons (Fsp3) is 0. The van der Waals surface area contributed by atoms with E-state index >= 15 is 0 Å². The van der Waals surface area contributed by atoms with Gasteiger partial charge in [-0.05, 0) is 17.7 Å². The van der Waals surface area contributed by atoms with Crippen LogP contribution in [0.25, 0.3) is 6.08 Å². The lowest BCUT2D eigenvalue weighted by atomic mass is 10.0. The molecule has 1 radical (unpaired) electrons. The number of aliphatic carboxylic acids is 1. The first kappa shape index (κ1) is 14.3. The molecule has 0 bridgehead atoms. The maximum atomic E-state index is 12.2. The zero-order valence-electron chi connectivity index (χ0n) is 10.8. The maximum Gasteiger partial charge on any atom is 0.328 e. The Morgan fingerprint density at radius 2 is 1.76 bits per heavy atom. The predicted octanol–water partition coefficient (Wildman–Crippen LogP) is 2.23. The molecule has 0 saturated heterocycles. The topological polar surface area (TPSA) is 94.8 Å². The van der Waals surface area contributed by atoms with Gasteiger partial charge in [-0.1, -0.05) is 24.3 Å². The Labute approximate surface area is 120 Å². The van der Waals surface area contributed by atoms with Gasteiger partial charge in [-0.15, -0.1) is 0 Å². The first-order valence-corrected chi connectivity index (χ1v) is 5.97. The number of aromatic hydroxyl groups is 2. The average Bonchev–Trinajstić information content (AvgIpc) is 2.45. The van der Waals surface area contributed by atoms with Crippen molar-refractivity contribution in [2.75, 3.05) is 0 Å². The van der Waals surface area contributed by atoms with Crippen LogP contribution < -0.4 is 0 Å². The number of carbonyl (C=O) groups excluding carboxylic acids is 1. The lowest BCUT2D eigenvalue weighted by molar-refractivity contribution is -0.131. The van der Waals surface area contributed by atoms with Crippen LogP contribution in [0.1, 0.15) is 21.5 Å². The SMILES string of the molecule is O=C(O)/C=C/c1ccc(C(=O)c2[c]cc(O)cc2O)cc1. The third kappa shape index (κ3) is 3.48. The van der Waals surface area contributed by atoms with Gasteiger partial charge in [0.15, 0.2) is 5.78 Å². The highest BCUT2D eigenvalue weighted by molar-refractivity contribution is 6.10. The molecule has 0 unspecified atom stereocenters. The van der Waals surface area contributed by atoms with E-state index in [4.69, 9.17) is 5.11 Å². The summed E-state index contributed by atoms with van der Waals surface area (Å²) in [5, 5.41) is 27.3. The van der Waals surface area contributed by atoms with Gasteiger partial charge in [-0.3, -0.25) is 4.79 Å². The highest BCUT2D eigenvalue weighted by atomic mass is 16.4. The number of benzene rings is 2. The summed E-state index contributed by atoms with van der Waals surface area (Å²) in [6, 6.07) is 11.0. The van der Waals surface area contributed by atoms with E-state index in [9.17, 15) is 19.8 Å². The Morgan fingerprint density at radius 1 is 1.10 bits per heavy atom. The van der Waals surface area contributed by atoms with Gasteiger partial charge in [0.1, 0.15) is 11.5 Å². The smallest absolute Gasteiger partial charge is 0.328 e. The van der Waals surface area contributed by atoms with Crippen molar-refractivity contribution in [1.29, 1.82) is 0 Å². The quantitative estimate of drug-likeness (QED) is 0.590. The molecule has 0 saturated carbocycles. The van der Waals surface area contributed by atoms with Crippen molar-refractivity contribution in [3.63, 3.8) is 0 Å². The fourth-order valence-electron chi connectivity index (χ4n) is 1.71. The third-order valence-corrected chi connectivity index (χ3v) is 2.72. The number of phenolic OH excluding ortho intramolecular Hbond substituents is 2. The van der Waals surface area contributed by atoms with Gasteiger partial charge in [0.2, 0.25) is 0 Å². The molecule has 0 fully saturated rings. The van der Waals surface area contributed by atoms with E-state index < -0.39 is 11.8 Å². The first-order valence-electron chi connectivity index (χ1n) is 5.97. The van der Waals surface area contributed by atoms with Crippen molar-refractivity contribution in [3.8, 4) is 11.5 Å². The Balaban J connectivity index is 2.26. The molecule has 5 heteroatoms. The summed E-state index contributed by atoms with van der Waals surface area (Å²) in [6.45, 7) is 0. The van der Waals surface area contributed by atoms with Crippen LogP contribution >= 0.6 is 0 Å². The highest BCUT2D eigenvalue weighted by Crippen LogP contribution is 2.24. The summed E-state index contributed by atoms with van der Waals surface area (Å²) >= 11 is 0. The molecule has 2 rings (SSSR count). The van der Waals surface area contributed by atoms with E-state index in [-0.39, 0.29) is 17.1 Å². The molecule has 2 aromatic carbocycles. The number of carbonyl (C=O) groups is 2. The van der Waals surface area contributed by atoms with Crippen LogP contribution in [0.4, 0.5) is 0 Å². The third-order valence-electron chi connectivity index (χ3n) is 2.72. The summed E-state index contributed by atoms with van der Waals surface area (Å²) in [4.78, 5) is 22.6. The molecule has 0 aliphatic carbocycles. The van der Waals surface area contributed by atoms with E-state index in [1.54, 1.807) is 12.1 Å². The Morgan fingerprint density at radius 3 is 2.33 bits per heavy atom. The summed E-state index contributed by atoms with van der Waals surface area (Å²) in [5.74, 6) is -2.03. The van der Waals surface area contributed by atoms with Gasteiger partial charge in [0.25, 0.3) is 0 Å². The van der Waals surface area contributed by atoms with Crippen molar-refractivity contribution in [2.45, 2.75) is 0 Å². The summed E-state index contributed by atoms with van der Waals surface area (Å²) in [5.41, 5.74) is 0.911. The summed E-state index contributed by atoms with van der Waals surface area (Å²) in [7, 11) is 0. The van der Waals surface area contributed by atoms with Crippen LogP contribution in [0.2, 0.25) is 0 Å². The van der Waals surface area contributed by atoms with Gasteiger partial charge in [0.05, 0.1) is 5.56 Å². The molecule has 3 N–H and O–H groups in total. The minimum atomic E-state index is -1.06. The molecular formula is C16H11O5. The molecule has 5 nitrogen and oxygen atoms in total. The van der Waals surface area contributed by atoms with Crippen molar-refractivity contribution in [1.82, 2.24) is 0 Å². The number of carboxylic acid groups (broad SMARTS) is 1. The second-order valence-corrected chi connectivity index (χ2v) is 4.24. The number of hydrogen-bond donors (Lipinski definition) is 3. The van der Waals surface area contributed by atoms with Crippen LogP contribution in [0.5, 0.6) is 11.5 Å². The van der Waals surface area contributed by atoms with E-state index in [0.29, 0.717) is 11.1 Å². The first-order chi connectivity index (χ1) is 9.97. The second kappa shape index (κ2) is 5.92. The largest absolute Gasteiger partial charge is 0.508 e. The Kier molecular flexibility index (Phi) is 4.04. The van der Waals surface area contributed by atoms with Crippen LogP contribution in [-0.4, -0.2) is 27.1 Å². The summed E-state index contributed by atoms with van der Waals surface area (Å²) in [6.07, 6.45) is 2.40. The van der Waals surface area contributed by atoms with Gasteiger partial charge >= 0.3 is 5.97 Å². The lowest BCUT2D eigenvalue weighted by Gasteiger charge is -2.04. The number of phenols is 2. The fourth-order valence-corrected chi connectivity index (χ4v) is 1.71. The molecule has 0 aliphatic rings. The Hall–Kier alpha value is -3.08. The van der Waals surface area contributed by atoms with Crippen molar-refractivity contribution < 1.29 is 24.9 Å². The van der Waals surface area contributed by atoms with Gasteiger partial charge in [0, 0.05) is 23.8 Å². The molecule has 0 atom stereocenters. The molecule has 21 heavy (non-hydrogen) atoms. The molecule has 2 aromatic rings. The van der Waals surface area contributed by atoms with Gasteiger partial charge < -0.3 is 15.3 Å². The van der Waals surface area contributed by atoms with Gasteiger partial charge in [-0.25, -0.2) is 4.79 Å².